The van der Waals surface area contributed by atoms with Crippen LogP contribution in [0.5, 0.6) is 11.5 Å². The molecule has 3 heteroatoms. The maximum Gasteiger partial charge on any atom is 0.133 e. The van der Waals surface area contributed by atoms with E-state index in [9.17, 15) is 4.79 Å². The lowest BCUT2D eigenvalue weighted by molar-refractivity contribution is -0.119. The molecule has 0 saturated heterocycles. The lowest BCUT2D eigenvalue weighted by atomic mass is 10.0. The van der Waals surface area contributed by atoms with Crippen LogP contribution >= 0.6 is 0 Å². The van der Waals surface area contributed by atoms with E-state index in [0.717, 1.165) is 29.9 Å². The van der Waals surface area contributed by atoms with E-state index in [1.807, 2.05) is 25.1 Å². The number of carbonyl (C=O) groups excluding carboxylic acids is 1. The molecule has 94 valence electrons. The summed E-state index contributed by atoms with van der Waals surface area (Å²) in [5.74, 6) is 1.85. The van der Waals surface area contributed by atoms with Crippen molar-refractivity contribution < 1.29 is 14.3 Å². The second-order valence-corrected chi connectivity index (χ2v) is 4.01. The van der Waals surface area contributed by atoms with Gasteiger partial charge in [0.1, 0.15) is 17.3 Å². The van der Waals surface area contributed by atoms with Crippen molar-refractivity contribution in [3.05, 3.63) is 23.8 Å². The van der Waals surface area contributed by atoms with Gasteiger partial charge in [-0.05, 0) is 30.5 Å². The first kappa shape index (κ1) is 13.6. The number of Topliss-reactive ketones (excluding diaryl/α,β-unsaturated/α-hetero) is 1. The van der Waals surface area contributed by atoms with Gasteiger partial charge in [0.2, 0.25) is 0 Å². The number of benzene rings is 1. The lowest BCUT2D eigenvalue weighted by Crippen LogP contribution is -2.00. The Balaban J connectivity index is 2.66. The Hall–Kier alpha value is -1.51. The third kappa shape index (κ3) is 4.47. The molecule has 0 spiro atoms. The molecule has 0 aliphatic rings. The van der Waals surface area contributed by atoms with Gasteiger partial charge in [0.15, 0.2) is 0 Å². The van der Waals surface area contributed by atoms with Crippen molar-refractivity contribution in [2.24, 2.45) is 0 Å². The van der Waals surface area contributed by atoms with E-state index in [2.05, 4.69) is 0 Å². The van der Waals surface area contributed by atoms with Crippen molar-refractivity contribution in [2.75, 3.05) is 14.2 Å². The van der Waals surface area contributed by atoms with Crippen LogP contribution < -0.4 is 9.47 Å². The van der Waals surface area contributed by atoms with Gasteiger partial charge >= 0.3 is 0 Å². The van der Waals surface area contributed by atoms with Crippen molar-refractivity contribution in [1.82, 2.24) is 0 Å². The van der Waals surface area contributed by atoms with Crippen LogP contribution in [-0.4, -0.2) is 20.0 Å². The Labute approximate surface area is 103 Å². The SMILES string of the molecule is CCCC(=O)CCc1cc(OC)cc(OC)c1. The number of carbonyl (C=O) groups is 1. The Morgan fingerprint density at radius 3 is 2.12 bits per heavy atom. The maximum absolute atomic E-state index is 11.5. The highest BCUT2D eigenvalue weighted by Crippen LogP contribution is 2.23. The predicted molar refractivity (Wildman–Crippen MR) is 67.8 cm³/mol. The van der Waals surface area contributed by atoms with Crippen LogP contribution in [0.3, 0.4) is 0 Å². The molecule has 0 heterocycles. The summed E-state index contributed by atoms with van der Waals surface area (Å²) in [7, 11) is 3.25. The van der Waals surface area contributed by atoms with Gasteiger partial charge in [-0.3, -0.25) is 4.79 Å². The van der Waals surface area contributed by atoms with Crippen LogP contribution in [0.25, 0.3) is 0 Å². The Bertz CT molecular complexity index is 349. The van der Waals surface area contributed by atoms with Crippen molar-refractivity contribution in [3.63, 3.8) is 0 Å². The zero-order valence-electron chi connectivity index (χ0n) is 10.8. The van der Waals surface area contributed by atoms with Gasteiger partial charge in [0, 0.05) is 18.9 Å². The summed E-state index contributed by atoms with van der Waals surface area (Å²) in [5, 5.41) is 0. The number of ether oxygens (including phenoxy) is 2. The Morgan fingerprint density at radius 1 is 1.06 bits per heavy atom. The molecule has 0 amide bonds. The van der Waals surface area contributed by atoms with Crippen LogP contribution in [-0.2, 0) is 11.2 Å². The minimum atomic E-state index is 0.314. The number of hydrogen-bond acceptors (Lipinski definition) is 3. The molecular weight excluding hydrogens is 216 g/mol. The summed E-state index contributed by atoms with van der Waals surface area (Å²) >= 11 is 0. The molecule has 1 aromatic rings. The minimum Gasteiger partial charge on any atom is -0.497 e. The highest BCUT2D eigenvalue weighted by atomic mass is 16.5. The number of methoxy groups -OCH3 is 2. The number of aryl methyl sites for hydroxylation is 1. The van der Waals surface area contributed by atoms with E-state index in [-0.39, 0.29) is 0 Å². The van der Waals surface area contributed by atoms with E-state index in [1.54, 1.807) is 14.2 Å². The van der Waals surface area contributed by atoms with Crippen LogP contribution in [0.15, 0.2) is 18.2 Å². The van der Waals surface area contributed by atoms with Crippen LogP contribution in [0.2, 0.25) is 0 Å². The molecule has 0 unspecified atom stereocenters. The fourth-order valence-corrected chi connectivity index (χ4v) is 1.70. The number of hydrogen-bond donors (Lipinski definition) is 0. The second-order valence-electron chi connectivity index (χ2n) is 4.01. The third-order valence-electron chi connectivity index (χ3n) is 2.63. The molecule has 0 bridgehead atoms. The van der Waals surface area contributed by atoms with Crippen molar-refractivity contribution in [2.45, 2.75) is 32.6 Å². The zero-order chi connectivity index (χ0) is 12.7. The van der Waals surface area contributed by atoms with Gasteiger partial charge in [-0.1, -0.05) is 6.92 Å². The highest BCUT2D eigenvalue weighted by molar-refractivity contribution is 5.78. The summed E-state index contributed by atoms with van der Waals surface area (Å²) in [5.41, 5.74) is 1.07. The first-order valence-electron chi connectivity index (χ1n) is 5.93. The molecule has 3 nitrogen and oxygen atoms in total. The Morgan fingerprint density at radius 2 is 1.65 bits per heavy atom. The summed E-state index contributed by atoms with van der Waals surface area (Å²) in [6, 6.07) is 5.72. The first-order valence-corrected chi connectivity index (χ1v) is 5.93. The summed E-state index contributed by atoms with van der Waals surface area (Å²) < 4.78 is 10.4. The van der Waals surface area contributed by atoms with Crippen molar-refractivity contribution in [1.29, 1.82) is 0 Å². The average Bonchev–Trinajstić information content (AvgIpc) is 2.36. The quantitative estimate of drug-likeness (QED) is 0.730. The van der Waals surface area contributed by atoms with Crippen molar-refractivity contribution in [3.8, 4) is 11.5 Å². The molecule has 0 saturated carbocycles. The monoisotopic (exact) mass is 236 g/mol. The fourth-order valence-electron chi connectivity index (χ4n) is 1.70. The molecule has 0 aliphatic carbocycles. The largest absolute Gasteiger partial charge is 0.497 e. The third-order valence-corrected chi connectivity index (χ3v) is 2.63. The van der Waals surface area contributed by atoms with E-state index in [4.69, 9.17) is 9.47 Å². The smallest absolute Gasteiger partial charge is 0.133 e. The van der Waals surface area contributed by atoms with Gasteiger partial charge in [0.25, 0.3) is 0 Å². The summed E-state index contributed by atoms with van der Waals surface area (Å²) in [6.07, 6.45) is 2.91. The fraction of sp³-hybridized carbons (Fsp3) is 0.500. The topological polar surface area (TPSA) is 35.5 Å². The van der Waals surface area contributed by atoms with Crippen LogP contribution in [0.1, 0.15) is 31.7 Å². The molecular formula is C14H20O3. The van der Waals surface area contributed by atoms with E-state index < -0.39 is 0 Å². The standard InChI is InChI=1S/C14H20O3/c1-4-5-12(15)7-6-11-8-13(16-2)10-14(9-11)17-3/h8-10H,4-7H2,1-3H3. The zero-order valence-corrected chi connectivity index (χ0v) is 10.8. The molecule has 0 atom stereocenters. The van der Waals surface area contributed by atoms with Crippen LogP contribution in [0, 0.1) is 0 Å². The van der Waals surface area contributed by atoms with Crippen molar-refractivity contribution >= 4 is 5.78 Å². The van der Waals surface area contributed by atoms with Crippen LogP contribution in [0.4, 0.5) is 0 Å². The number of ketones is 1. The molecule has 0 aliphatic heterocycles. The Kier molecular flexibility index (Phi) is 5.53. The molecule has 1 aromatic carbocycles. The van der Waals surface area contributed by atoms with E-state index in [1.165, 1.54) is 0 Å². The van der Waals surface area contributed by atoms with Gasteiger partial charge in [0.05, 0.1) is 14.2 Å². The summed E-state index contributed by atoms with van der Waals surface area (Å²) in [6.45, 7) is 2.02. The van der Waals surface area contributed by atoms with Gasteiger partial charge in [-0.15, -0.1) is 0 Å². The van der Waals surface area contributed by atoms with Gasteiger partial charge in [-0.25, -0.2) is 0 Å². The molecule has 0 radical (unpaired) electrons. The van der Waals surface area contributed by atoms with Gasteiger partial charge in [-0.2, -0.15) is 0 Å². The average molecular weight is 236 g/mol. The molecule has 17 heavy (non-hydrogen) atoms. The molecule has 0 N–H and O–H groups in total. The van der Waals surface area contributed by atoms with Gasteiger partial charge < -0.3 is 9.47 Å². The summed E-state index contributed by atoms with van der Waals surface area (Å²) in [4.78, 5) is 11.5. The predicted octanol–water partition coefficient (Wildman–Crippen LogP) is 3.01. The first-order chi connectivity index (χ1) is 8.19. The molecule has 0 fully saturated rings. The van der Waals surface area contributed by atoms with E-state index >= 15 is 0 Å². The minimum absolute atomic E-state index is 0.314. The lowest BCUT2D eigenvalue weighted by Gasteiger charge is -2.08. The highest BCUT2D eigenvalue weighted by Gasteiger charge is 2.05. The second kappa shape index (κ2) is 6.94. The number of rotatable bonds is 7. The molecule has 0 aromatic heterocycles. The maximum atomic E-state index is 11.5. The molecule has 1 rings (SSSR count). The van der Waals surface area contributed by atoms with E-state index in [0.29, 0.717) is 18.6 Å². The normalized spacial score (nSPS) is 10.1.